The lowest BCUT2D eigenvalue weighted by atomic mass is 10.0. The third kappa shape index (κ3) is 2.26. The molecule has 3 aromatic heterocycles. The van der Waals surface area contributed by atoms with Crippen molar-refractivity contribution in [2.24, 2.45) is 11.8 Å². The summed E-state index contributed by atoms with van der Waals surface area (Å²) in [6.07, 6.45) is 5.13. The van der Waals surface area contributed by atoms with E-state index in [1.165, 1.54) is 5.56 Å². The minimum absolute atomic E-state index is 0.613. The van der Waals surface area contributed by atoms with Crippen molar-refractivity contribution in [2.45, 2.75) is 13.8 Å². The smallest absolute Gasteiger partial charge is 0.195 e. The monoisotopic (exact) mass is 336 g/mol. The predicted octanol–water partition coefficient (Wildman–Crippen LogP) is 2.20. The Morgan fingerprint density at radius 1 is 1.00 bits per heavy atom. The number of furan rings is 1. The lowest BCUT2D eigenvalue weighted by molar-refractivity contribution is 0.533. The highest BCUT2D eigenvalue weighted by atomic mass is 16.3. The fourth-order valence-corrected chi connectivity index (χ4v) is 4.18. The van der Waals surface area contributed by atoms with Crippen LogP contribution in [0.3, 0.4) is 0 Å². The summed E-state index contributed by atoms with van der Waals surface area (Å²) >= 11 is 0. The Labute approximate surface area is 145 Å². The van der Waals surface area contributed by atoms with E-state index >= 15 is 0 Å². The van der Waals surface area contributed by atoms with Gasteiger partial charge in [0.25, 0.3) is 0 Å². The molecule has 3 aromatic rings. The standard InChI is InChI=1S/C18H20N6O/c1-11-12(2)19-10-20-17(11)23-6-14-8-24(9-15(14)7-23)18-16-13(3-4-25-16)5-21-22-18/h3-5,10,14-15H,6-9H2,1-2H3. The van der Waals surface area contributed by atoms with Crippen molar-refractivity contribution in [1.82, 2.24) is 20.2 Å². The summed E-state index contributed by atoms with van der Waals surface area (Å²) in [6.45, 7) is 8.18. The van der Waals surface area contributed by atoms with Gasteiger partial charge in [0, 0.05) is 54.7 Å². The Hall–Kier alpha value is -2.70. The Morgan fingerprint density at radius 2 is 1.72 bits per heavy atom. The van der Waals surface area contributed by atoms with Gasteiger partial charge in [-0.3, -0.25) is 0 Å². The molecule has 2 saturated heterocycles. The van der Waals surface area contributed by atoms with Crippen LogP contribution in [0.5, 0.6) is 0 Å². The summed E-state index contributed by atoms with van der Waals surface area (Å²) < 4.78 is 5.63. The molecule has 0 radical (unpaired) electrons. The highest BCUT2D eigenvalue weighted by molar-refractivity contribution is 5.86. The summed E-state index contributed by atoms with van der Waals surface area (Å²) in [5.74, 6) is 3.18. The molecular formula is C18H20N6O. The highest BCUT2D eigenvalue weighted by Crippen LogP contribution is 2.37. The van der Waals surface area contributed by atoms with Crippen LogP contribution >= 0.6 is 0 Å². The first-order chi connectivity index (χ1) is 12.2. The van der Waals surface area contributed by atoms with Crippen LogP contribution in [0, 0.1) is 25.7 Å². The number of fused-ring (bicyclic) bond motifs is 2. The normalized spacial score (nSPS) is 22.8. The maximum Gasteiger partial charge on any atom is 0.195 e. The number of aryl methyl sites for hydroxylation is 1. The van der Waals surface area contributed by atoms with Gasteiger partial charge in [0.05, 0.1) is 12.5 Å². The molecule has 0 aromatic carbocycles. The fourth-order valence-electron chi connectivity index (χ4n) is 4.18. The van der Waals surface area contributed by atoms with Gasteiger partial charge < -0.3 is 14.2 Å². The molecule has 5 rings (SSSR count). The van der Waals surface area contributed by atoms with E-state index < -0.39 is 0 Å². The average Bonchev–Trinajstić information content (AvgIpc) is 3.30. The first-order valence-electron chi connectivity index (χ1n) is 8.67. The molecule has 0 N–H and O–H groups in total. The van der Waals surface area contributed by atoms with Gasteiger partial charge in [-0.25, -0.2) is 9.97 Å². The molecule has 5 heterocycles. The second-order valence-corrected chi connectivity index (χ2v) is 7.11. The molecule has 0 bridgehead atoms. The Balaban J connectivity index is 1.37. The third-order valence-corrected chi connectivity index (χ3v) is 5.64. The van der Waals surface area contributed by atoms with Gasteiger partial charge in [-0.2, -0.15) is 5.10 Å². The summed E-state index contributed by atoms with van der Waals surface area (Å²) in [4.78, 5) is 13.5. The lowest BCUT2D eigenvalue weighted by Crippen LogP contribution is -2.30. The van der Waals surface area contributed by atoms with E-state index in [4.69, 9.17) is 4.42 Å². The van der Waals surface area contributed by atoms with E-state index in [1.807, 2.05) is 13.0 Å². The predicted molar refractivity (Wildman–Crippen MR) is 94.7 cm³/mol. The fraction of sp³-hybridized carbons (Fsp3) is 0.444. The molecule has 2 aliphatic rings. The Bertz CT molecular complexity index is 924. The van der Waals surface area contributed by atoms with Crippen molar-refractivity contribution in [2.75, 3.05) is 36.0 Å². The van der Waals surface area contributed by atoms with Crippen molar-refractivity contribution in [3.63, 3.8) is 0 Å². The van der Waals surface area contributed by atoms with Crippen LogP contribution in [0.4, 0.5) is 11.6 Å². The van der Waals surface area contributed by atoms with Crippen LogP contribution in [0.25, 0.3) is 11.0 Å². The molecule has 2 atom stereocenters. The summed E-state index contributed by atoms with van der Waals surface area (Å²) in [5, 5.41) is 9.48. The molecule has 0 amide bonds. The Morgan fingerprint density at radius 3 is 2.48 bits per heavy atom. The van der Waals surface area contributed by atoms with Crippen molar-refractivity contribution < 1.29 is 4.42 Å². The zero-order valence-electron chi connectivity index (χ0n) is 14.4. The van der Waals surface area contributed by atoms with E-state index in [0.29, 0.717) is 11.8 Å². The minimum Gasteiger partial charge on any atom is -0.460 e. The van der Waals surface area contributed by atoms with Gasteiger partial charge in [-0.05, 0) is 19.9 Å². The van der Waals surface area contributed by atoms with Crippen molar-refractivity contribution >= 4 is 22.6 Å². The number of anilines is 2. The summed E-state index contributed by atoms with van der Waals surface area (Å²) in [7, 11) is 0. The van der Waals surface area contributed by atoms with E-state index in [1.54, 1.807) is 18.8 Å². The van der Waals surface area contributed by atoms with Crippen molar-refractivity contribution in [3.05, 3.63) is 36.1 Å². The number of aromatic nitrogens is 4. The molecule has 0 spiro atoms. The molecule has 7 nitrogen and oxygen atoms in total. The number of hydrogen-bond donors (Lipinski definition) is 0. The molecular weight excluding hydrogens is 316 g/mol. The van der Waals surface area contributed by atoms with Crippen LogP contribution in [0.1, 0.15) is 11.3 Å². The SMILES string of the molecule is Cc1ncnc(N2CC3CN(c4nncc5ccoc45)CC3C2)c1C. The zero-order chi connectivity index (χ0) is 17.0. The molecule has 0 aliphatic carbocycles. The van der Waals surface area contributed by atoms with Crippen molar-refractivity contribution in [1.29, 1.82) is 0 Å². The summed E-state index contributed by atoms with van der Waals surface area (Å²) in [5.41, 5.74) is 3.09. The molecule has 25 heavy (non-hydrogen) atoms. The molecule has 2 fully saturated rings. The Kier molecular flexibility index (Phi) is 3.16. The number of nitrogens with zero attached hydrogens (tertiary/aromatic N) is 6. The van der Waals surface area contributed by atoms with Gasteiger partial charge in [0.2, 0.25) is 0 Å². The quantitative estimate of drug-likeness (QED) is 0.710. The van der Waals surface area contributed by atoms with Gasteiger partial charge >= 0.3 is 0 Å². The minimum atomic E-state index is 0.613. The van der Waals surface area contributed by atoms with Gasteiger partial charge in [-0.15, -0.1) is 5.10 Å². The largest absolute Gasteiger partial charge is 0.460 e. The van der Waals surface area contributed by atoms with E-state index in [0.717, 1.165) is 54.5 Å². The van der Waals surface area contributed by atoms with E-state index in [2.05, 4.69) is 36.9 Å². The maximum absolute atomic E-state index is 5.63. The molecule has 2 aliphatic heterocycles. The maximum atomic E-state index is 5.63. The number of rotatable bonds is 2. The van der Waals surface area contributed by atoms with Gasteiger partial charge in [0.1, 0.15) is 12.1 Å². The van der Waals surface area contributed by atoms with Gasteiger partial charge in [0.15, 0.2) is 11.4 Å². The third-order valence-electron chi connectivity index (χ3n) is 5.64. The first-order valence-corrected chi connectivity index (χ1v) is 8.67. The molecule has 7 heteroatoms. The average molecular weight is 336 g/mol. The number of hydrogen-bond acceptors (Lipinski definition) is 7. The van der Waals surface area contributed by atoms with E-state index in [9.17, 15) is 0 Å². The molecule has 128 valence electrons. The van der Waals surface area contributed by atoms with Gasteiger partial charge in [-0.1, -0.05) is 0 Å². The second-order valence-electron chi connectivity index (χ2n) is 7.11. The van der Waals surface area contributed by atoms with E-state index in [-0.39, 0.29) is 0 Å². The lowest BCUT2D eigenvalue weighted by Gasteiger charge is -2.24. The van der Waals surface area contributed by atoms with Crippen LogP contribution in [-0.2, 0) is 0 Å². The highest BCUT2D eigenvalue weighted by Gasteiger charge is 2.42. The topological polar surface area (TPSA) is 71.2 Å². The first kappa shape index (κ1) is 14.6. The van der Waals surface area contributed by atoms with Crippen molar-refractivity contribution in [3.8, 4) is 0 Å². The zero-order valence-corrected chi connectivity index (χ0v) is 14.4. The molecule has 2 unspecified atom stereocenters. The molecule has 0 saturated carbocycles. The van der Waals surface area contributed by atoms with Crippen LogP contribution < -0.4 is 9.80 Å². The summed E-state index contributed by atoms with van der Waals surface area (Å²) in [6, 6.07) is 1.94. The van der Waals surface area contributed by atoms with Crippen LogP contribution in [-0.4, -0.2) is 46.3 Å². The van der Waals surface area contributed by atoms with Crippen LogP contribution in [0.15, 0.2) is 29.3 Å². The van der Waals surface area contributed by atoms with Crippen LogP contribution in [0.2, 0.25) is 0 Å². The second kappa shape index (κ2) is 5.40.